The van der Waals surface area contributed by atoms with Crippen LogP contribution in [0.2, 0.25) is 0 Å². The van der Waals surface area contributed by atoms with Gasteiger partial charge in [-0.2, -0.15) is 0 Å². The molecule has 1 unspecified atom stereocenters. The zero-order valence-electron chi connectivity index (χ0n) is 30.9. The van der Waals surface area contributed by atoms with E-state index in [-0.39, 0.29) is 30.3 Å². The Hall–Kier alpha value is -3.48. The lowest BCUT2D eigenvalue weighted by molar-refractivity contribution is -0.129. The minimum Gasteiger partial charge on any atom is -0.353 e. The Morgan fingerprint density at radius 2 is 0.923 bits per heavy atom. The first-order valence-corrected chi connectivity index (χ1v) is 20.9. The van der Waals surface area contributed by atoms with E-state index in [2.05, 4.69) is 69.0 Å². The highest BCUT2D eigenvalue weighted by Gasteiger charge is 2.44. The molecule has 0 spiro atoms. The topological polar surface area (TPSA) is 64.7 Å². The first kappa shape index (κ1) is 34.3. The van der Waals surface area contributed by atoms with E-state index >= 15 is 0 Å². The number of carbonyl (C=O) groups excluding carboxylic acids is 2. The molecule has 9 rings (SSSR count). The van der Waals surface area contributed by atoms with Crippen LogP contribution in [0.5, 0.6) is 0 Å². The lowest BCUT2D eigenvalue weighted by Gasteiger charge is -2.32. The molecule has 4 fully saturated rings. The van der Waals surface area contributed by atoms with Crippen LogP contribution in [0.15, 0.2) is 78.9 Å². The lowest BCUT2D eigenvalue weighted by atomic mass is 9.83. The van der Waals surface area contributed by atoms with Crippen LogP contribution in [0.4, 0.5) is 0 Å². The van der Waals surface area contributed by atoms with E-state index in [0.717, 1.165) is 43.1 Å². The van der Waals surface area contributed by atoms with Gasteiger partial charge in [0.2, 0.25) is 11.8 Å². The van der Waals surface area contributed by atoms with Crippen LogP contribution >= 0.6 is 0 Å². The number of nitrogens with one attached hydrogen (secondary N) is 2. The van der Waals surface area contributed by atoms with Gasteiger partial charge in [-0.3, -0.25) is 19.4 Å². The van der Waals surface area contributed by atoms with Crippen LogP contribution in [0.25, 0.3) is 0 Å². The van der Waals surface area contributed by atoms with Crippen molar-refractivity contribution in [1.82, 2.24) is 20.4 Å². The van der Waals surface area contributed by atoms with Gasteiger partial charge in [0.1, 0.15) is 0 Å². The molecule has 3 aromatic carbocycles. The Balaban J connectivity index is 0.720. The number of carbonyl (C=O) groups is 2. The standard InChI is InChI=1S/C46H58N4O2/c51-45(47-34-18-14-31(15-19-34)26-28-49-41-22-23-42(49)37-11-5-4-10-36(37)41)30-40(33-8-2-1-3-9-33)46(52)48-35-20-16-32(17-21-35)27-29-50-43-24-25-44(50)39-13-7-6-12-38(39)43/h1-13,31-32,34-35,40-44H,14-30H2,(H,47,51)(H,48,52)/t31?,32?,34?,35?,40?,41-,42+,43-,44+. The Bertz CT molecular complexity index is 1650. The molecule has 2 amide bonds. The second-order valence-electron chi connectivity index (χ2n) is 17.2. The average Bonchev–Trinajstić information content (AvgIpc) is 3.95. The summed E-state index contributed by atoms with van der Waals surface area (Å²) in [5, 5.41) is 6.76. The Morgan fingerprint density at radius 1 is 0.519 bits per heavy atom. The van der Waals surface area contributed by atoms with Gasteiger partial charge < -0.3 is 10.6 Å². The number of hydrogen-bond acceptors (Lipinski definition) is 4. The number of amides is 2. The molecule has 6 nitrogen and oxygen atoms in total. The van der Waals surface area contributed by atoms with E-state index in [1.807, 2.05) is 30.3 Å². The molecule has 2 saturated heterocycles. The summed E-state index contributed by atoms with van der Waals surface area (Å²) >= 11 is 0. The van der Waals surface area contributed by atoms with Crippen LogP contribution in [-0.4, -0.2) is 46.8 Å². The van der Waals surface area contributed by atoms with Crippen LogP contribution in [0.1, 0.15) is 154 Å². The SMILES string of the molecule is O=C(CC(C(=O)NC1CCC(CCN2[C@@H]3CC[C@H]2c2ccccc23)CC1)c1ccccc1)NC1CCC(CCN2[C@@H]3CC[C@H]2c2ccccc23)CC1. The molecule has 2 aliphatic carbocycles. The monoisotopic (exact) mass is 698 g/mol. The van der Waals surface area contributed by atoms with Crippen molar-refractivity contribution in [3.63, 3.8) is 0 Å². The predicted molar refractivity (Wildman–Crippen MR) is 207 cm³/mol. The van der Waals surface area contributed by atoms with Gasteiger partial charge in [0.15, 0.2) is 0 Å². The Labute approximate surface area is 311 Å². The van der Waals surface area contributed by atoms with Gasteiger partial charge in [-0.1, -0.05) is 78.9 Å². The van der Waals surface area contributed by atoms with E-state index in [9.17, 15) is 9.59 Å². The predicted octanol–water partition coefficient (Wildman–Crippen LogP) is 9.07. The van der Waals surface area contributed by atoms with Gasteiger partial charge in [0.05, 0.1) is 5.92 Å². The van der Waals surface area contributed by atoms with Crippen molar-refractivity contribution in [2.45, 2.75) is 138 Å². The Kier molecular flexibility index (Phi) is 9.96. The van der Waals surface area contributed by atoms with E-state index < -0.39 is 5.92 Å². The lowest BCUT2D eigenvalue weighted by Crippen LogP contribution is -2.43. The van der Waals surface area contributed by atoms with Crippen LogP contribution in [0.3, 0.4) is 0 Å². The number of fused-ring (bicyclic) bond motifs is 10. The summed E-state index contributed by atoms with van der Waals surface area (Å²) in [5.74, 6) is 1.04. The molecule has 4 bridgehead atoms. The smallest absolute Gasteiger partial charge is 0.228 e. The summed E-state index contributed by atoms with van der Waals surface area (Å²) in [4.78, 5) is 32.9. The Morgan fingerprint density at radius 3 is 1.37 bits per heavy atom. The van der Waals surface area contributed by atoms with E-state index in [4.69, 9.17) is 0 Å². The highest BCUT2D eigenvalue weighted by atomic mass is 16.2. The molecule has 3 aromatic rings. The summed E-state index contributed by atoms with van der Waals surface area (Å²) in [5.41, 5.74) is 7.22. The van der Waals surface area contributed by atoms with Gasteiger partial charge in [0.25, 0.3) is 0 Å². The third-order valence-electron chi connectivity index (χ3n) is 14.4. The molecule has 0 aromatic heterocycles. The summed E-state index contributed by atoms with van der Waals surface area (Å²) in [7, 11) is 0. The van der Waals surface area contributed by atoms with E-state index in [0.29, 0.717) is 24.2 Å². The largest absolute Gasteiger partial charge is 0.353 e. The fourth-order valence-corrected chi connectivity index (χ4v) is 11.6. The van der Waals surface area contributed by atoms with Crippen molar-refractivity contribution in [3.8, 4) is 0 Å². The van der Waals surface area contributed by atoms with E-state index in [1.165, 1.54) is 77.3 Å². The highest BCUT2D eigenvalue weighted by Crippen LogP contribution is 2.54. The van der Waals surface area contributed by atoms with Crippen molar-refractivity contribution in [2.24, 2.45) is 11.8 Å². The number of hydrogen-bond donors (Lipinski definition) is 2. The second kappa shape index (κ2) is 15.1. The number of nitrogens with zero attached hydrogens (tertiary/aromatic N) is 2. The third kappa shape index (κ3) is 6.86. The van der Waals surface area contributed by atoms with Crippen molar-refractivity contribution in [3.05, 3.63) is 107 Å². The average molecular weight is 699 g/mol. The first-order chi connectivity index (χ1) is 25.6. The molecule has 4 heterocycles. The summed E-state index contributed by atoms with van der Waals surface area (Å²) in [6.45, 7) is 2.38. The highest BCUT2D eigenvalue weighted by molar-refractivity contribution is 5.90. The fourth-order valence-electron chi connectivity index (χ4n) is 11.6. The number of rotatable bonds is 12. The third-order valence-corrected chi connectivity index (χ3v) is 14.4. The molecule has 6 heteroatoms. The second-order valence-corrected chi connectivity index (χ2v) is 17.2. The maximum Gasteiger partial charge on any atom is 0.228 e. The summed E-state index contributed by atoms with van der Waals surface area (Å²) in [6, 6.07) is 31.1. The molecule has 52 heavy (non-hydrogen) atoms. The molecule has 5 atom stereocenters. The fraction of sp³-hybridized carbons (Fsp3) is 0.565. The van der Waals surface area contributed by atoms with Gasteiger partial charge in [-0.05, 0) is 143 Å². The van der Waals surface area contributed by atoms with Gasteiger partial charge in [-0.25, -0.2) is 0 Å². The van der Waals surface area contributed by atoms with Gasteiger partial charge >= 0.3 is 0 Å². The molecule has 274 valence electrons. The van der Waals surface area contributed by atoms with Crippen LogP contribution < -0.4 is 10.6 Å². The van der Waals surface area contributed by atoms with Crippen LogP contribution in [-0.2, 0) is 9.59 Å². The van der Waals surface area contributed by atoms with E-state index in [1.54, 1.807) is 22.3 Å². The normalized spacial score (nSPS) is 31.2. The van der Waals surface area contributed by atoms with Gasteiger partial charge in [0, 0.05) is 42.7 Å². The molecular weight excluding hydrogens is 641 g/mol. The molecule has 4 aliphatic heterocycles. The van der Waals surface area contributed by atoms with Gasteiger partial charge in [-0.15, -0.1) is 0 Å². The summed E-state index contributed by atoms with van der Waals surface area (Å²) in [6.07, 6.45) is 16.8. The van der Waals surface area contributed by atoms with Crippen molar-refractivity contribution < 1.29 is 9.59 Å². The van der Waals surface area contributed by atoms with Crippen molar-refractivity contribution in [1.29, 1.82) is 0 Å². The number of benzene rings is 3. The maximum absolute atomic E-state index is 13.9. The molecule has 2 saturated carbocycles. The molecular formula is C46H58N4O2. The minimum atomic E-state index is -0.456. The summed E-state index contributed by atoms with van der Waals surface area (Å²) < 4.78 is 0. The zero-order chi connectivity index (χ0) is 35.0. The molecule has 2 N–H and O–H groups in total. The molecule has 6 aliphatic rings. The van der Waals surface area contributed by atoms with Crippen molar-refractivity contribution >= 4 is 11.8 Å². The minimum absolute atomic E-state index is 0.0120. The molecule has 0 radical (unpaired) electrons. The van der Waals surface area contributed by atoms with Crippen LogP contribution in [0, 0.1) is 11.8 Å². The maximum atomic E-state index is 13.9. The van der Waals surface area contributed by atoms with Crippen molar-refractivity contribution in [2.75, 3.05) is 13.1 Å². The first-order valence-electron chi connectivity index (χ1n) is 20.9. The zero-order valence-corrected chi connectivity index (χ0v) is 30.9. The quantitative estimate of drug-likeness (QED) is 0.198.